The summed E-state index contributed by atoms with van der Waals surface area (Å²) in [6.45, 7) is 4.97. The molecule has 6 aliphatic carbocycles. The fraction of sp³-hybridized carbons (Fsp3) is 1.00. The summed E-state index contributed by atoms with van der Waals surface area (Å²) in [6, 6.07) is 1.38. The summed E-state index contributed by atoms with van der Waals surface area (Å²) >= 11 is 0. The van der Waals surface area contributed by atoms with E-state index in [1.165, 1.54) is 103 Å². The van der Waals surface area contributed by atoms with Gasteiger partial charge in [-0.15, -0.1) is 0 Å². The topological polar surface area (TPSA) is 12.5 Å². The first-order chi connectivity index (χ1) is 13.0. The van der Waals surface area contributed by atoms with Crippen molar-refractivity contribution in [3.63, 3.8) is 0 Å². The monoisotopic (exact) mass is 373 g/mol. The molecule has 6 rings (SSSR count). The fourth-order valence-electron chi connectivity index (χ4n) is 8.33. The van der Waals surface area contributed by atoms with E-state index in [2.05, 4.69) is 18.9 Å². The molecular formula is C25H43NO. The van der Waals surface area contributed by atoms with Crippen LogP contribution in [0, 0.1) is 23.2 Å². The lowest BCUT2D eigenvalue weighted by Gasteiger charge is -2.62. The van der Waals surface area contributed by atoms with Gasteiger partial charge < -0.3 is 0 Å². The van der Waals surface area contributed by atoms with Crippen molar-refractivity contribution in [2.45, 2.75) is 134 Å². The predicted molar refractivity (Wildman–Crippen MR) is 111 cm³/mol. The minimum Gasteiger partial charge on any atom is -0.292 e. The first kappa shape index (κ1) is 18.9. The lowest BCUT2D eigenvalue weighted by molar-refractivity contribution is -0.328. The average molecular weight is 374 g/mol. The lowest BCUT2D eigenvalue weighted by Crippen LogP contribution is -2.60. The van der Waals surface area contributed by atoms with Crippen LogP contribution >= 0.6 is 0 Å². The second-order valence-electron chi connectivity index (χ2n) is 11.7. The van der Waals surface area contributed by atoms with Crippen LogP contribution in [0.15, 0.2) is 0 Å². The van der Waals surface area contributed by atoms with Crippen LogP contribution in [0.5, 0.6) is 0 Å². The highest BCUT2D eigenvalue weighted by Gasteiger charge is 2.58. The summed E-state index contributed by atoms with van der Waals surface area (Å²) in [5, 5.41) is 2.62. The standard InChI is InChI=1S/C25H43NO/c1-24(2,25-16-19-13-20(17-25)15-21(14-19)18-25)27-26(22-9-5-3-6-10-22)23-11-7-4-8-12-23/h19-23H,3-18H2,1-2H3. The van der Waals surface area contributed by atoms with Gasteiger partial charge in [-0.25, -0.2) is 0 Å². The maximum absolute atomic E-state index is 7.24. The van der Waals surface area contributed by atoms with Gasteiger partial charge in [-0.05, 0) is 95.8 Å². The van der Waals surface area contributed by atoms with Crippen LogP contribution in [0.25, 0.3) is 0 Å². The number of hydrogen-bond donors (Lipinski definition) is 0. The van der Waals surface area contributed by atoms with Crippen molar-refractivity contribution in [1.29, 1.82) is 0 Å². The highest BCUT2D eigenvalue weighted by molar-refractivity contribution is 5.08. The van der Waals surface area contributed by atoms with E-state index in [-0.39, 0.29) is 5.60 Å². The summed E-state index contributed by atoms with van der Waals surface area (Å²) < 4.78 is 0. The van der Waals surface area contributed by atoms with E-state index in [1.807, 2.05) is 0 Å². The molecule has 0 aromatic carbocycles. The molecule has 154 valence electrons. The zero-order valence-electron chi connectivity index (χ0n) is 18.1. The minimum absolute atomic E-state index is 0.0118. The van der Waals surface area contributed by atoms with E-state index in [4.69, 9.17) is 4.84 Å². The molecule has 0 radical (unpaired) electrons. The highest BCUT2D eigenvalue weighted by Crippen LogP contribution is 2.64. The Morgan fingerprint density at radius 2 is 1.07 bits per heavy atom. The molecule has 0 heterocycles. The second kappa shape index (κ2) is 7.31. The van der Waals surface area contributed by atoms with Gasteiger partial charge in [-0.1, -0.05) is 38.5 Å². The maximum atomic E-state index is 7.24. The third-order valence-corrected chi connectivity index (χ3v) is 9.52. The number of hydrogen-bond acceptors (Lipinski definition) is 2. The summed E-state index contributed by atoms with van der Waals surface area (Å²) in [5.74, 6) is 3.03. The predicted octanol–water partition coefficient (Wildman–Crippen LogP) is 6.88. The molecule has 27 heavy (non-hydrogen) atoms. The Bertz CT molecular complexity index is 461. The van der Waals surface area contributed by atoms with E-state index in [9.17, 15) is 0 Å². The molecule has 0 saturated heterocycles. The van der Waals surface area contributed by atoms with Gasteiger partial charge >= 0.3 is 0 Å². The molecule has 2 heteroatoms. The van der Waals surface area contributed by atoms with Crippen molar-refractivity contribution in [1.82, 2.24) is 5.06 Å². The average Bonchev–Trinajstić information content (AvgIpc) is 2.66. The molecule has 0 unspecified atom stereocenters. The van der Waals surface area contributed by atoms with Gasteiger partial charge in [0.05, 0.1) is 5.60 Å². The molecule has 6 aliphatic rings. The van der Waals surface area contributed by atoms with Gasteiger partial charge in [-0.2, -0.15) is 5.06 Å². The number of rotatable bonds is 5. The van der Waals surface area contributed by atoms with Crippen LogP contribution in [0.1, 0.15) is 117 Å². The third kappa shape index (κ3) is 3.52. The van der Waals surface area contributed by atoms with Crippen LogP contribution in [0.2, 0.25) is 0 Å². The first-order valence-corrected chi connectivity index (χ1v) is 12.5. The zero-order valence-corrected chi connectivity index (χ0v) is 18.1. The molecule has 6 saturated carbocycles. The molecule has 0 N–H and O–H groups in total. The van der Waals surface area contributed by atoms with Crippen LogP contribution in [-0.4, -0.2) is 22.7 Å². The van der Waals surface area contributed by atoms with Crippen LogP contribution in [0.4, 0.5) is 0 Å². The SMILES string of the molecule is CC(C)(ON(C1CCCCC1)C1CCCCC1)C12CC3CC(CC(C3)C1)C2. The van der Waals surface area contributed by atoms with Gasteiger partial charge in [0.25, 0.3) is 0 Å². The van der Waals surface area contributed by atoms with Crippen molar-refractivity contribution >= 4 is 0 Å². The largest absolute Gasteiger partial charge is 0.292 e. The Morgan fingerprint density at radius 3 is 1.48 bits per heavy atom. The molecule has 0 spiro atoms. The van der Waals surface area contributed by atoms with Crippen molar-refractivity contribution in [3.05, 3.63) is 0 Å². The Labute approximate surface area is 167 Å². The smallest absolute Gasteiger partial charge is 0.0900 e. The van der Waals surface area contributed by atoms with Crippen LogP contribution in [-0.2, 0) is 4.84 Å². The second-order valence-corrected chi connectivity index (χ2v) is 11.7. The van der Waals surface area contributed by atoms with Gasteiger partial charge in [0.2, 0.25) is 0 Å². The van der Waals surface area contributed by atoms with Gasteiger partial charge in [0.15, 0.2) is 0 Å². The Hall–Kier alpha value is -0.0800. The minimum atomic E-state index is 0.0118. The van der Waals surface area contributed by atoms with Crippen LogP contribution in [0.3, 0.4) is 0 Å². The molecule has 2 nitrogen and oxygen atoms in total. The van der Waals surface area contributed by atoms with E-state index < -0.39 is 0 Å². The van der Waals surface area contributed by atoms with E-state index in [1.54, 1.807) is 0 Å². The Morgan fingerprint density at radius 1 is 0.667 bits per heavy atom. The molecule has 0 aromatic heterocycles. The van der Waals surface area contributed by atoms with Crippen molar-refractivity contribution in [2.75, 3.05) is 0 Å². The Kier molecular flexibility index (Phi) is 5.12. The maximum Gasteiger partial charge on any atom is 0.0900 e. The fourth-order valence-corrected chi connectivity index (χ4v) is 8.33. The summed E-state index contributed by atoms with van der Waals surface area (Å²) in [4.78, 5) is 7.24. The van der Waals surface area contributed by atoms with Gasteiger partial charge in [0, 0.05) is 17.5 Å². The Balaban J connectivity index is 1.37. The van der Waals surface area contributed by atoms with Gasteiger partial charge in [0.1, 0.15) is 0 Å². The quantitative estimate of drug-likeness (QED) is 0.487. The molecule has 0 atom stereocenters. The summed E-state index contributed by atoms with van der Waals surface area (Å²) in [7, 11) is 0. The van der Waals surface area contributed by atoms with Crippen molar-refractivity contribution < 1.29 is 4.84 Å². The third-order valence-electron chi connectivity index (χ3n) is 9.52. The zero-order chi connectivity index (χ0) is 18.5. The lowest BCUT2D eigenvalue weighted by atomic mass is 9.46. The van der Waals surface area contributed by atoms with E-state index in [0.717, 1.165) is 17.8 Å². The molecule has 0 amide bonds. The summed E-state index contributed by atoms with van der Waals surface area (Å²) in [6.07, 6.45) is 23.0. The number of hydroxylamine groups is 2. The highest BCUT2D eigenvalue weighted by atomic mass is 16.7. The van der Waals surface area contributed by atoms with Crippen LogP contribution < -0.4 is 0 Å². The first-order valence-electron chi connectivity index (χ1n) is 12.5. The van der Waals surface area contributed by atoms with Crippen molar-refractivity contribution in [3.8, 4) is 0 Å². The molecule has 0 aromatic rings. The van der Waals surface area contributed by atoms with Gasteiger partial charge in [-0.3, -0.25) is 4.84 Å². The number of nitrogens with zero attached hydrogens (tertiary/aromatic N) is 1. The van der Waals surface area contributed by atoms with E-state index in [0.29, 0.717) is 17.5 Å². The molecule has 6 fully saturated rings. The molecule has 4 bridgehead atoms. The summed E-state index contributed by atoms with van der Waals surface area (Å²) in [5.41, 5.74) is 0.473. The van der Waals surface area contributed by atoms with E-state index >= 15 is 0 Å². The normalized spacial score (nSPS) is 40.8. The molecule has 0 aliphatic heterocycles. The van der Waals surface area contributed by atoms with Crippen molar-refractivity contribution in [2.24, 2.45) is 23.2 Å². The molecular weight excluding hydrogens is 330 g/mol.